The minimum absolute atomic E-state index is 0.112. The van der Waals surface area contributed by atoms with E-state index in [0.29, 0.717) is 0 Å². The van der Waals surface area contributed by atoms with Crippen molar-refractivity contribution in [1.29, 1.82) is 0 Å². The van der Waals surface area contributed by atoms with Crippen LogP contribution in [0, 0.1) is 6.92 Å². The maximum atomic E-state index is 13.7. The van der Waals surface area contributed by atoms with Gasteiger partial charge in [0.2, 0.25) is 0 Å². The molecular weight excluding hydrogens is 410 g/mol. The van der Waals surface area contributed by atoms with Gasteiger partial charge in [-0.2, -0.15) is 0 Å². The summed E-state index contributed by atoms with van der Waals surface area (Å²) in [5, 5.41) is 1.84. The first-order valence-corrected chi connectivity index (χ1v) is 12.2. The molecule has 1 amide bonds. The molecule has 3 aliphatic rings. The third-order valence-corrected chi connectivity index (χ3v) is 8.32. The topological polar surface area (TPSA) is 35.9 Å². The van der Waals surface area contributed by atoms with Crippen molar-refractivity contribution in [2.45, 2.75) is 50.0 Å². The number of hydrogen-bond acceptors (Lipinski definition) is 5. The van der Waals surface area contributed by atoms with Crippen LogP contribution in [0.1, 0.15) is 37.7 Å². The third kappa shape index (κ3) is 3.56. The summed E-state index contributed by atoms with van der Waals surface area (Å²) in [6.45, 7) is 2.07. The van der Waals surface area contributed by atoms with Gasteiger partial charge in [0.05, 0.1) is 16.4 Å². The van der Waals surface area contributed by atoms with Crippen molar-refractivity contribution < 1.29 is 4.79 Å². The molecule has 2 fully saturated rings. The van der Waals surface area contributed by atoms with Crippen molar-refractivity contribution in [1.82, 2.24) is 4.90 Å². The van der Waals surface area contributed by atoms with Crippen LogP contribution in [0.15, 0.2) is 68.4 Å². The molecule has 0 bridgehead atoms. The Bertz CT molecular complexity index is 1060. The molecule has 0 unspecified atom stereocenters. The van der Waals surface area contributed by atoms with E-state index < -0.39 is 0 Å². The Morgan fingerprint density at radius 2 is 1.80 bits per heavy atom. The lowest BCUT2D eigenvalue weighted by Gasteiger charge is -2.30. The summed E-state index contributed by atoms with van der Waals surface area (Å²) in [4.78, 5) is 24.8. The molecule has 154 valence electrons. The number of hydrogen-bond donors (Lipinski definition) is 0. The number of aliphatic imine (C=N–C) groups is 1. The molecule has 30 heavy (non-hydrogen) atoms. The van der Waals surface area contributed by atoms with E-state index in [1.807, 2.05) is 23.1 Å². The number of fused-ring (bicyclic) bond motifs is 1. The molecule has 1 saturated heterocycles. The predicted octanol–water partition coefficient (Wildman–Crippen LogP) is 6.30. The van der Waals surface area contributed by atoms with E-state index in [9.17, 15) is 4.79 Å². The molecule has 2 aliphatic heterocycles. The smallest absolute Gasteiger partial charge is 0.269 e. The van der Waals surface area contributed by atoms with E-state index in [2.05, 4.69) is 49.2 Å². The number of aryl methyl sites for hydroxylation is 1. The normalized spacial score (nSPS) is 23.5. The predicted molar refractivity (Wildman–Crippen MR) is 127 cm³/mol. The highest BCUT2D eigenvalue weighted by atomic mass is 32.2. The SMILES string of the molecule is Cc1cccc(N=C2S/C(=C3\Sc4ccccc4N3C)C(=O)N2C2CCCCC2)c1. The van der Waals surface area contributed by atoms with Crippen molar-refractivity contribution in [3.8, 4) is 0 Å². The van der Waals surface area contributed by atoms with Gasteiger partial charge in [0.25, 0.3) is 5.91 Å². The number of benzene rings is 2. The number of anilines is 1. The van der Waals surface area contributed by atoms with Gasteiger partial charge in [0.1, 0.15) is 4.91 Å². The minimum Gasteiger partial charge on any atom is -0.337 e. The molecule has 2 aromatic carbocycles. The van der Waals surface area contributed by atoms with Crippen molar-refractivity contribution in [3.63, 3.8) is 0 Å². The molecule has 2 heterocycles. The summed E-state index contributed by atoms with van der Waals surface area (Å²) in [5.74, 6) is 0.112. The van der Waals surface area contributed by atoms with E-state index in [0.717, 1.165) is 39.3 Å². The highest BCUT2D eigenvalue weighted by molar-refractivity contribution is 8.19. The van der Waals surface area contributed by atoms with Gasteiger partial charge in [0.15, 0.2) is 5.17 Å². The lowest BCUT2D eigenvalue weighted by molar-refractivity contribution is -0.124. The first-order chi connectivity index (χ1) is 14.6. The standard InChI is InChI=1S/C24H25N3OS2/c1-16-9-8-10-17(15-16)25-24-27(18-11-4-3-5-12-18)22(28)21(30-24)23-26(2)19-13-6-7-14-20(19)29-23/h6-10,13-15,18H,3-5,11-12H2,1-2H3/b23-21-,25-24?. The van der Waals surface area contributed by atoms with Gasteiger partial charge >= 0.3 is 0 Å². The Labute approximate surface area is 186 Å². The molecule has 2 aromatic rings. The number of carbonyl (C=O) groups is 1. The monoisotopic (exact) mass is 435 g/mol. The molecule has 5 rings (SSSR count). The Hall–Kier alpha value is -2.18. The Morgan fingerprint density at radius 3 is 2.57 bits per heavy atom. The van der Waals surface area contributed by atoms with Crippen LogP contribution >= 0.6 is 23.5 Å². The highest BCUT2D eigenvalue weighted by Gasteiger charge is 2.42. The van der Waals surface area contributed by atoms with Crippen LogP contribution in [0.4, 0.5) is 11.4 Å². The zero-order valence-corrected chi connectivity index (χ0v) is 18.9. The largest absolute Gasteiger partial charge is 0.337 e. The van der Waals surface area contributed by atoms with Gasteiger partial charge in [-0.05, 0) is 61.4 Å². The van der Waals surface area contributed by atoms with Crippen LogP contribution in [-0.2, 0) is 4.79 Å². The highest BCUT2D eigenvalue weighted by Crippen LogP contribution is 2.50. The van der Waals surface area contributed by atoms with Crippen molar-refractivity contribution >= 4 is 46.0 Å². The molecule has 1 saturated carbocycles. The first kappa shape index (κ1) is 19.8. The molecule has 0 spiro atoms. The average molecular weight is 436 g/mol. The van der Waals surface area contributed by atoms with Crippen molar-refractivity contribution in [3.05, 3.63) is 64.0 Å². The third-order valence-electron chi connectivity index (χ3n) is 5.91. The van der Waals surface area contributed by atoms with Crippen LogP contribution in [0.5, 0.6) is 0 Å². The van der Waals surface area contributed by atoms with Crippen LogP contribution < -0.4 is 4.90 Å². The number of nitrogens with zero attached hydrogens (tertiary/aromatic N) is 3. The van der Waals surface area contributed by atoms with Crippen LogP contribution in [0.3, 0.4) is 0 Å². The molecular formula is C24H25N3OS2. The van der Waals surface area contributed by atoms with Gasteiger partial charge in [-0.1, -0.05) is 55.3 Å². The quantitative estimate of drug-likeness (QED) is 0.519. The summed E-state index contributed by atoms with van der Waals surface area (Å²) in [6.07, 6.45) is 5.75. The summed E-state index contributed by atoms with van der Waals surface area (Å²) >= 11 is 3.22. The van der Waals surface area contributed by atoms with E-state index in [4.69, 9.17) is 4.99 Å². The Kier molecular flexibility index (Phi) is 5.37. The van der Waals surface area contributed by atoms with Gasteiger partial charge in [0, 0.05) is 18.0 Å². The molecule has 0 radical (unpaired) electrons. The van der Waals surface area contributed by atoms with Crippen molar-refractivity contribution in [2.24, 2.45) is 4.99 Å². The second kappa shape index (κ2) is 8.16. The van der Waals surface area contributed by atoms with Gasteiger partial charge < -0.3 is 4.90 Å². The maximum Gasteiger partial charge on any atom is 0.269 e. The van der Waals surface area contributed by atoms with Crippen LogP contribution in [0.25, 0.3) is 0 Å². The number of para-hydroxylation sites is 1. The number of amides is 1. The zero-order valence-electron chi connectivity index (χ0n) is 17.3. The van der Waals surface area contributed by atoms with E-state index >= 15 is 0 Å². The first-order valence-electron chi connectivity index (χ1n) is 10.5. The molecule has 0 aromatic heterocycles. The molecule has 1 aliphatic carbocycles. The molecule has 4 nitrogen and oxygen atoms in total. The zero-order chi connectivity index (χ0) is 20.7. The number of carbonyl (C=O) groups excluding carboxylic acids is 1. The average Bonchev–Trinajstić information content (AvgIpc) is 3.25. The minimum atomic E-state index is 0.112. The molecule has 0 N–H and O–H groups in total. The lowest BCUT2D eigenvalue weighted by Crippen LogP contribution is -2.40. The molecule has 6 heteroatoms. The Morgan fingerprint density at radius 1 is 1.00 bits per heavy atom. The van der Waals surface area contributed by atoms with E-state index in [-0.39, 0.29) is 11.9 Å². The van der Waals surface area contributed by atoms with Crippen LogP contribution in [0.2, 0.25) is 0 Å². The second-order valence-corrected chi connectivity index (χ2v) is 10.1. The van der Waals surface area contributed by atoms with Gasteiger partial charge in [-0.25, -0.2) is 4.99 Å². The van der Waals surface area contributed by atoms with Gasteiger partial charge in [-0.3, -0.25) is 9.69 Å². The summed E-state index contributed by atoms with van der Waals surface area (Å²) in [6, 6.07) is 16.8. The lowest BCUT2D eigenvalue weighted by atomic mass is 9.94. The van der Waals surface area contributed by atoms with Gasteiger partial charge in [-0.15, -0.1) is 0 Å². The second-order valence-electron chi connectivity index (χ2n) is 8.07. The summed E-state index contributed by atoms with van der Waals surface area (Å²) < 4.78 is 0. The number of thioether (sulfide) groups is 2. The van der Waals surface area contributed by atoms with E-state index in [1.54, 1.807) is 11.8 Å². The maximum absolute atomic E-state index is 13.7. The van der Waals surface area contributed by atoms with Crippen LogP contribution in [-0.4, -0.2) is 29.1 Å². The molecule has 0 atom stereocenters. The Balaban J connectivity index is 1.56. The summed E-state index contributed by atoms with van der Waals surface area (Å²) in [5.41, 5.74) is 3.25. The fraction of sp³-hybridized carbons (Fsp3) is 0.333. The van der Waals surface area contributed by atoms with E-state index in [1.165, 1.54) is 41.5 Å². The number of amidine groups is 1. The summed E-state index contributed by atoms with van der Waals surface area (Å²) in [7, 11) is 2.05. The fourth-order valence-electron chi connectivity index (χ4n) is 4.36. The fourth-order valence-corrected chi connectivity index (χ4v) is 6.77. The van der Waals surface area contributed by atoms with Crippen molar-refractivity contribution in [2.75, 3.05) is 11.9 Å². The number of rotatable bonds is 2.